The van der Waals surface area contributed by atoms with E-state index in [-0.39, 0.29) is 0 Å². The van der Waals surface area contributed by atoms with Crippen LogP contribution in [0.1, 0.15) is 44.5 Å². The van der Waals surface area contributed by atoms with Gasteiger partial charge in [0.05, 0.1) is 33.6 Å². The number of hydrogen-bond donors (Lipinski definition) is 0. The molecule has 1 spiro atoms. The van der Waals surface area contributed by atoms with Crippen LogP contribution in [0, 0.1) is 0 Å². The molecule has 18 aromatic rings. The van der Waals surface area contributed by atoms with Crippen LogP contribution in [0.15, 0.2) is 413 Å². The van der Waals surface area contributed by atoms with E-state index >= 15 is 0 Å². The standard InChI is InChI=1S/C106H68N4/c1-6-25-69(26-7-1)72-47-55-76(56-48-72)97-68-100(110-104(107-97)79-61-53-74(54-62-79)71-29-10-3-11-30-71)89-41-24-46-96-102(89)87-39-18-21-44-93(87)106(96)91-42-19-16-37-85(91)90-66-82(63-64-94(90)106)81-32-22-31-80(65-81)75-49-57-77(58-50-75)98-67-99(109-103(108-98)78-59-51-73(52-60-78)70-27-8-2-9-28-70)88-40-23-45-95-101(88)86-38-17-20-43-92(86)105(95,83-33-12-4-13-34-83)84-35-14-5-15-36-84/h1-68H. The lowest BCUT2D eigenvalue weighted by Gasteiger charge is -2.33. The van der Waals surface area contributed by atoms with E-state index in [1.807, 2.05) is 0 Å². The van der Waals surface area contributed by atoms with Crippen molar-refractivity contribution in [1.82, 2.24) is 19.9 Å². The maximum absolute atomic E-state index is 5.57. The molecule has 0 saturated heterocycles. The summed E-state index contributed by atoms with van der Waals surface area (Å²) in [6, 6.07) is 150. The van der Waals surface area contributed by atoms with Crippen molar-refractivity contribution in [3.8, 4) is 157 Å². The molecule has 2 heterocycles. The Bertz CT molecular complexity index is 6440. The number of benzene rings is 16. The van der Waals surface area contributed by atoms with E-state index in [9.17, 15) is 0 Å². The molecule has 0 aliphatic heterocycles. The van der Waals surface area contributed by atoms with Crippen molar-refractivity contribution in [2.45, 2.75) is 10.8 Å². The summed E-state index contributed by atoms with van der Waals surface area (Å²) >= 11 is 0. The third-order valence-electron chi connectivity index (χ3n) is 23.1. The van der Waals surface area contributed by atoms with E-state index < -0.39 is 10.8 Å². The Kier molecular flexibility index (Phi) is 15.3. The molecule has 0 fully saturated rings. The lowest BCUT2D eigenvalue weighted by molar-refractivity contribution is 0.768. The summed E-state index contributed by atoms with van der Waals surface area (Å²) in [6.07, 6.45) is 0. The third kappa shape index (κ3) is 10.4. The normalized spacial score (nSPS) is 13.7. The van der Waals surface area contributed by atoms with Gasteiger partial charge in [-0.05, 0) is 158 Å². The minimum atomic E-state index is -0.601. The fourth-order valence-corrected chi connectivity index (χ4v) is 18.1. The summed E-state index contributed by atoms with van der Waals surface area (Å²) in [5.74, 6) is 1.34. The van der Waals surface area contributed by atoms with Gasteiger partial charge in [0.1, 0.15) is 0 Å². The van der Waals surface area contributed by atoms with Crippen LogP contribution in [-0.2, 0) is 10.8 Å². The van der Waals surface area contributed by atoms with Crippen LogP contribution < -0.4 is 0 Å². The Balaban J connectivity index is 0.648. The number of aromatic nitrogens is 4. The molecule has 2 aromatic heterocycles. The first kappa shape index (κ1) is 64.1. The van der Waals surface area contributed by atoms with Crippen LogP contribution in [0.3, 0.4) is 0 Å². The van der Waals surface area contributed by atoms with Crippen LogP contribution in [-0.4, -0.2) is 19.9 Å². The average molecular weight is 1400 g/mol. The summed E-state index contributed by atoms with van der Waals surface area (Å²) < 4.78 is 0. The number of nitrogens with zero attached hydrogens (tertiary/aromatic N) is 4. The lowest BCUT2D eigenvalue weighted by Crippen LogP contribution is -2.28. The van der Waals surface area contributed by atoms with E-state index in [1.54, 1.807) is 0 Å². The van der Waals surface area contributed by atoms with Gasteiger partial charge in [-0.3, -0.25) is 0 Å². The van der Waals surface area contributed by atoms with Gasteiger partial charge in [-0.1, -0.05) is 388 Å². The van der Waals surface area contributed by atoms with Crippen molar-refractivity contribution in [3.05, 3.63) is 457 Å². The molecule has 3 aliphatic rings. The highest BCUT2D eigenvalue weighted by molar-refractivity contribution is 6.01. The Hall–Kier alpha value is -14.3. The van der Waals surface area contributed by atoms with E-state index in [4.69, 9.17) is 19.9 Å². The first-order chi connectivity index (χ1) is 54.5. The Morgan fingerprint density at radius 3 is 0.873 bits per heavy atom. The molecule has 1 unspecified atom stereocenters. The number of fused-ring (bicyclic) bond motifs is 13. The summed E-state index contributed by atoms with van der Waals surface area (Å²) in [6.45, 7) is 0. The fraction of sp³-hybridized carbons (Fsp3) is 0.0189. The predicted octanol–water partition coefficient (Wildman–Crippen LogP) is 26.3. The minimum absolute atomic E-state index is 0.561. The van der Waals surface area contributed by atoms with Crippen LogP contribution >= 0.6 is 0 Å². The minimum Gasteiger partial charge on any atom is -0.228 e. The zero-order valence-corrected chi connectivity index (χ0v) is 60.0. The quantitative estimate of drug-likeness (QED) is 0.115. The van der Waals surface area contributed by atoms with Crippen LogP contribution in [0.2, 0.25) is 0 Å². The maximum Gasteiger partial charge on any atom is 0.160 e. The summed E-state index contributed by atoms with van der Waals surface area (Å²) in [5.41, 5.74) is 37.1. The van der Waals surface area contributed by atoms with Crippen molar-refractivity contribution >= 4 is 0 Å². The Morgan fingerprint density at radius 2 is 0.418 bits per heavy atom. The van der Waals surface area contributed by atoms with Crippen molar-refractivity contribution in [3.63, 3.8) is 0 Å². The van der Waals surface area contributed by atoms with Crippen LogP contribution in [0.5, 0.6) is 0 Å². The second-order valence-electron chi connectivity index (χ2n) is 29.0. The monoisotopic (exact) mass is 1400 g/mol. The van der Waals surface area contributed by atoms with E-state index in [1.165, 1.54) is 89.0 Å². The molecule has 21 rings (SSSR count). The van der Waals surface area contributed by atoms with Crippen molar-refractivity contribution in [2.24, 2.45) is 0 Å². The van der Waals surface area contributed by atoms with Crippen molar-refractivity contribution < 1.29 is 0 Å². The van der Waals surface area contributed by atoms with Gasteiger partial charge in [-0.2, -0.15) is 0 Å². The molecular weight excluding hydrogens is 1330 g/mol. The zero-order valence-electron chi connectivity index (χ0n) is 60.0. The number of rotatable bonds is 13. The predicted molar refractivity (Wildman–Crippen MR) is 451 cm³/mol. The summed E-state index contributed by atoms with van der Waals surface area (Å²) in [4.78, 5) is 22.0. The van der Waals surface area contributed by atoms with E-state index in [0.717, 1.165) is 101 Å². The third-order valence-corrected chi connectivity index (χ3v) is 23.1. The molecule has 4 heteroatoms. The molecule has 1 atom stereocenters. The molecule has 16 aromatic carbocycles. The van der Waals surface area contributed by atoms with Crippen LogP contribution in [0.25, 0.3) is 157 Å². The van der Waals surface area contributed by atoms with Crippen molar-refractivity contribution in [2.75, 3.05) is 0 Å². The zero-order chi connectivity index (χ0) is 72.7. The molecule has 110 heavy (non-hydrogen) atoms. The topological polar surface area (TPSA) is 51.6 Å². The van der Waals surface area contributed by atoms with Gasteiger partial charge in [0.15, 0.2) is 11.6 Å². The molecule has 0 N–H and O–H groups in total. The Labute approximate surface area is 640 Å². The SMILES string of the molecule is c1ccc(-c2ccc(-c3cc(-c4cccc5c4-c4ccccc4C54c5ccccc5-c5cc(-c6cccc(-c7ccc(-c8cc(-c9cccc%10c9-c9ccccc9C%10(c9ccccc9)c9ccccc9)nc(-c9ccc(-c%10ccccc%10)cc9)n8)cc7)c6)ccc54)nc(-c4ccc(-c5ccccc5)cc4)n3)cc2)cc1. The van der Waals surface area contributed by atoms with Gasteiger partial charge in [-0.25, -0.2) is 19.9 Å². The van der Waals surface area contributed by atoms with Gasteiger partial charge in [0, 0.05) is 33.4 Å². The van der Waals surface area contributed by atoms with Gasteiger partial charge >= 0.3 is 0 Å². The molecular formula is C106H68N4. The smallest absolute Gasteiger partial charge is 0.160 e. The maximum atomic E-state index is 5.57. The molecule has 0 amide bonds. The second kappa shape index (κ2) is 26.3. The van der Waals surface area contributed by atoms with Crippen LogP contribution in [0.4, 0.5) is 0 Å². The highest BCUT2D eigenvalue weighted by atomic mass is 14.9. The highest BCUT2D eigenvalue weighted by Crippen LogP contribution is 2.65. The fourth-order valence-electron chi connectivity index (χ4n) is 18.1. The summed E-state index contributed by atoms with van der Waals surface area (Å²) in [7, 11) is 0. The van der Waals surface area contributed by atoms with E-state index in [0.29, 0.717) is 11.6 Å². The van der Waals surface area contributed by atoms with Gasteiger partial charge in [-0.15, -0.1) is 0 Å². The second-order valence-corrected chi connectivity index (χ2v) is 29.0. The van der Waals surface area contributed by atoms with Gasteiger partial charge in [0.25, 0.3) is 0 Å². The molecule has 4 nitrogen and oxygen atoms in total. The molecule has 3 aliphatic carbocycles. The average Bonchev–Trinajstić information content (AvgIpc) is 1.51. The molecule has 0 bridgehead atoms. The van der Waals surface area contributed by atoms with Crippen molar-refractivity contribution in [1.29, 1.82) is 0 Å². The first-order valence-corrected chi connectivity index (χ1v) is 37.8. The number of hydrogen-bond acceptors (Lipinski definition) is 4. The largest absolute Gasteiger partial charge is 0.228 e. The molecule has 512 valence electrons. The molecule has 0 radical (unpaired) electrons. The van der Waals surface area contributed by atoms with Gasteiger partial charge in [0.2, 0.25) is 0 Å². The Morgan fingerprint density at radius 1 is 0.145 bits per heavy atom. The summed E-state index contributed by atoms with van der Waals surface area (Å²) in [5, 5.41) is 0. The first-order valence-electron chi connectivity index (χ1n) is 37.8. The molecule has 0 saturated carbocycles. The highest BCUT2D eigenvalue weighted by Gasteiger charge is 2.53. The van der Waals surface area contributed by atoms with Gasteiger partial charge < -0.3 is 0 Å². The van der Waals surface area contributed by atoms with E-state index in [2.05, 4.69) is 413 Å². The lowest BCUT2D eigenvalue weighted by atomic mass is 9.67.